The average molecular weight is 312 g/mol. The smallest absolute Gasteiger partial charge is 0.407 e. The van der Waals surface area contributed by atoms with Crippen LogP contribution >= 0.6 is 0 Å². The minimum absolute atomic E-state index is 0.0115. The highest BCUT2D eigenvalue weighted by molar-refractivity contribution is 5.67. The van der Waals surface area contributed by atoms with Crippen molar-refractivity contribution in [1.29, 1.82) is 0 Å². The van der Waals surface area contributed by atoms with Crippen molar-refractivity contribution in [3.8, 4) is 0 Å². The standard InChI is InChI=1S/C18H36N2O2/c1-14-10-8-9-11-18(14,20-12-16(2,3)4)13-19-15(21)22-17(5,6)7/h14,20H,8-13H2,1-7H3,(H,19,21). The third-order valence-electron chi connectivity index (χ3n) is 4.37. The van der Waals surface area contributed by atoms with Crippen LogP contribution in [-0.4, -0.2) is 30.3 Å². The van der Waals surface area contributed by atoms with Gasteiger partial charge in [-0.3, -0.25) is 0 Å². The summed E-state index contributed by atoms with van der Waals surface area (Å²) in [5.41, 5.74) is -0.229. The van der Waals surface area contributed by atoms with Crippen molar-refractivity contribution in [2.75, 3.05) is 13.1 Å². The molecule has 1 saturated carbocycles. The highest BCUT2D eigenvalue weighted by atomic mass is 16.6. The van der Waals surface area contributed by atoms with E-state index in [0.29, 0.717) is 12.5 Å². The fraction of sp³-hybridized carbons (Fsp3) is 0.944. The Morgan fingerprint density at radius 3 is 2.32 bits per heavy atom. The third kappa shape index (κ3) is 6.55. The first kappa shape index (κ1) is 19.3. The Labute approximate surface area is 136 Å². The summed E-state index contributed by atoms with van der Waals surface area (Å²) in [4.78, 5) is 12.0. The van der Waals surface area contributed by atoms with Crippen LogP contribution in [0, 0.1) is 11.3 Å². The molecular formula is C18H36N2O2. The highest BCUT2D eigenvalue weighted by Crippen LogP contribution is 2.34. The molecule has 1 aliphatic carbocycles. The second kappa shape index (κ2) is 7.20. The van der Waals surface area contributed by atoms with E-state index in [1.807, 2.05) is 20.8 Å². The molecule has 0 radical (unpaired) electrons. The minimum atomic E-state index is -0.450. The zero-order valence-electron chi connectivity index (χ0n) is 15.6. The molecule has 22 heavy (non-hydrogen) atoms. The molecular weight excluding hydrogens is 276 g/mol. The van der Waals surface area contributed by atoms with Crippen LogP contribution in [0.25, 0.3) is 0 Å². The highest BCUT2D eigenvalue weighted by Gasteiger charge is 2.39. The average Bonchev–Trinajstić information content (AvgIpc) is 2.34. The monoisotopic (exact) mass is 312 g/mol. The van der Waals surface area contributed by atoms with Gasteiger partial charge in [-0.05, 0) is 44.9 Å². The van der Waals surface area contributed by atoms with E-state index in [0.717, 1.165) is 13.0 Å². The second-order valence-electron chi connectivity index (χ2n) is 9.07. The van der Waals surface area contributed by atoms with Crippen LogP contribution in [0.3, 0.4) is 0 Å². The number of hydrogen-bond donors (Lipinski definition) is 2. The number of ether oxygens (including phenoxy) is 1. The fourth-order valence-corrected chi connectivity index (χ4v) is 2.99. The molecule has 2 atom stereocenters. The Morgan fingerprint density at radius 2 is 1.82 bits per heavy atom. The zero-order valence-corrected chi connectivity index (χ0v) is 15.6. The predicted molar refractivity (Wildman–Crippen MR) is 92.1 cm³/mol. The lowest BCUT2D eigenvalue weighted by atomic mass is 9.73. The van der Waals surface area contributed by atoms with E-state index in [9.17, 15) is 4.79 Å². The van der Waals surface area contributed by atoms with Gasteiger partial charge < -0.3 is 15.4 Å². The second-order valence-corrected chi connectivity index (χ2v) is 9.07. The molecule has 4 heteroatoms. The first-order valence-corrected chi connectivity index (χ1v) is 8.65. The van der Waals surface area contributed by atoms with Crippen molar-refractivity contribution in [3.05, 3.63) is 0 Å². The normalized spacial score (nSPS) is 26.6. The molecule has 0 aliphatic heterocycles. The van der Waals surface area contributed by atoms with Gasteiger partial charge in [-0.2, -0.15) is 0 Å². The molecule has 0 heterocycles. The van der Waals surface area contributed by atoms with Crippen molar-refractivity contribution in [3.63, 3.8) is 0 Å². The van der Waals surface area contributed by atoms with Crippen LogP contribution in [0.4, 0.5) is 4.79 Å². The lowest BCUT2D eigenvalue weighted by molar-refractivity contribution is 0.0475. The maximum absolute atomic E-state index is 12.0. The summed E-state index contributed by atoms with van der Waals surface area (Å²) < 4.78 is 5.38. The summed E-state index contributed by atoms with van der Waals surface area (Å²) >= 11 is 0. The number of carbonyl (C=O) groups excluding carboxylic acids is 1. The minimum Gasteiger partial charge on any atom is -0.444 e. The van der Waals surface area contributed by atoms with Gasteiger partial charge in [0.1, 0.15) is 5.60 Å². The van der Waals surface area contributed by atoms with Crippen molar-refractivity contribution in [2.24, 2.45) is 11.3 Å². The molecule has 1 rings (SSSR count). The van der Waals surface area contributed by atoms with Crippen LogP contribution in [0.15, 0.2) is 0 Å². The van der Waals surface area contributed by atoms with E-state index < -0.39 is 5.60 Å². The topological polar surface area (TPSA) is 50.4 Å². The van der Waals surface area contributed by atoms with E-state index in [-0.39, 0.29) is 17.0 Å². The molecule has 2 N–H and O–H groups in total. The quantitative estimate of drug-likeness (QED) is 0.822. The first-order valence-electron chi connectivity index (χ1n) is 8.65. The predicted octanol–water partition coefficient (Wildman–Crippen LogP) is 4.10. The molecule has 0 bridgehead atoms. The Balaban J connectivity index is 2.68. The van der Waals surface area contributed by atoms with Gasteiger partial charge >= 0.3 is 6.09 Å². The molecule has 4 nitrogen and oxygen atoms in total. The van der Waals surface area contributed by atoms with Crippen molar-refractivity contribution < 1.29 is 9.53 Å². The van der Waals surface area contributed by atoms with Gasteiger partial charge in [0, 0.05) is 18.6 Å². The van der Waals surface area contributed by atoms with Gasteiger partial charge in [0.2, 0.25) is 0 Å². The Morgan fingerprint density at radius 1 is 1.18 bits per heavy atom. The van der Waals surface area contributed by atoms with Crippen molar-refractivity contribution >= 4 is 6.09 Å². The van der Waals surface area contributed by atoms with Crippen LogP contribution < -0.4 is 10.6 Å². The molecule has 130 valence electrons. The molecule has 0 saturated heterocycles. The van der Waals surface area contributed by atoms with E-state index in [4.69, 9.17) is 4.74 Å². The summed E-state index contributed by atoms with van der Waals surface area (Å²) in [7, 11) is 0. The molecule has 2 unspecified atom stereocenters. The molecule has 0 aromatic rings. The van der Waals surface area contributed by atoms with Gasteiger partial charge in [-0.1, -0.05) is 40.5 Å². The van der Waals surface area contributed by atoms with Crippen LogP contribution in [0.1, 0.15) is 74.1 Å². The molecule has 1 fully saturated rings. The van der Waals surface area contributed by atoms with Crippen LogP contribution in [-0.2, 0) is 4.74 Å². The number of nitrogens with one attached hydrogen (secondary N) is 2. The lowest BCUT2D eigenvalue weighted by Crippen LogP contribution is -2.60. The molecule has 0 aromatic carbocycles. The number of carbonyl (C=O) groups is 1. The van der Waals surface area contributed by atoms with Gasteiger partial charge in [-0.15, -0.1) is 0 Å². The molecule has 1 aliphatic rings. The molecule has 1 amide bonds. The largest absolute Gasteiger partial charge is 0.444 e. The van der Waals surface area contributed by atoms with E-state index in [1.54, 1.807) is 0 Å². The SMILES string of the molecule is CC1CCCCC1(CNC(=O)OC(C)(C)C)NCC(C)(C)C. The Bertz CT molecular complexity index is 368. The molecule has 0 aromatic heterocycles. The summed E-state index contributed by atoms with van der Waals surface area (Å²) in [5.74, 6) is 0.554. The Hall–Kier alpha value is -0.770. The van der Waals surface area contributed by atoms with E-state index >= 15 is 0 Å². The van der Waals surface area contributed by atoms with Crippen LogP contribution in [0.5, 0.6) is 0 Å². The van der Waals surface area contributed by atoms with Gasteiger partial charge in [0.25, 0.3) is 0 Å². The van der Waals surface area contributed by atoms with Gasteiger partial charge in [0.05, 0.1) is 0 Å². The number of amides is 1. The van der Waals surface area contributed by atoms with E-state index in [2.05, 4.69) is 38.3 Å². The summed E-state index contributed by atoms with van der Waals surface area (Å²) in [5, 5.41) is 6.77. The van der Waals surface area contributed by atoms with Gasteiger partial charge in [0.15, 0.2) is 0 Å². The lowest BCUT2D eigenvalue weighted by Gasteiger charge is -2.45. The first-order chi connectivity index (χ1) is 9.94. The third-order valence-corrected chi connectivity index (χ3v) is 4.37. The maximum Gasteiger partial charge on any atom is 0.407 e. The van der Waals surface area contributed by atoms with Gasteiger partial charge in [-0.25, -0.2) is 4.79 Å². The summed E-state index contributed by atoms with van der Waals surface area (Å²) in [6.45, 7) is 16.3. The fourth-order valence-electron chi connectivity index (χ4n) is 2.99. The zero-order chi connectivity index (χ0) is 17.0. The number of rotatable bonds is 4. The maximum atomic E-state index is 12.0. The van der Waals surface area contributed by atoms with Crippen LogP contribution in [0.2, 0.25) is 0 Å². The molecule has 0 spiro atoms. The number of alkyl carbamates (subject to hydrolysis) is 1. The number of hydrogen-bond acceptors (Lipinski definition) is 3. The van der Waals surface area contributed by atoms with Crippen molar-refractivity contribution in [1.82, 2.24) is 10.6 Å². The van der Waals surface area contributed by atoms with Crippen molar-refractivity contribution in [2.45, 2.75) is 85.3 Å². The van der Waals surface area contributed by atoms with E-state index in [1.165, 1.54) is 19.3 Å². The Kier molecular flexibility index (Phi) is 6.31. The summed E-state index contributed by atoms with van der Waals surface area (Å²) in [6, 6.07) is 0. The summed E-state index contributed by atoms with van der Waals surface area (Å²) in [6.07, 6.45) is 4.51.